The summed E-state index contributed by atoms with van der Waals surface area (Å²) in [6.07, 6.45) is 0. The average Bonchev–Trinajstić information content (AvgIpc) is 2.88. The van der Waals surface area contributed by atoms with Gasteiger partial charge in [0.2, 0.25) is 5.82 Å². The van der Waals surface area contributed by atoms with Gasteiger partial charge in [-0.2, -0.15) is 8.78 Å². The third-order valence-corrected chi connectivity index (χ3v) is 2.57. The number of carbonyl (C=O) groups excluding carboxylic acids is 1. The van der Waals surface area contributed by atoms with Crippen molar-refractivity contribution in [2.75, 3.05) is 5.32 Å². The second-order valence-electron chi connectivity index (χ2n) is 4.56. The number of hydrogen-bond donors (Lipinski definition) is 2. The number of H-pyrrole nitrogens is 1. The van der Waals surface area contributed by atoms with E-state index in [4.69, 9.17) is 0 Å². The third kappa shape index (κ3) is 3.98. The fourth-order valence-corrected chi connectivity index (χ4v) is 1.57. The average molecular weight is 296 g/mol. The second-order valence-corrected chi connectivity index (χ2v) is 4.56. The van der Waals surface area contributed by atoms with Crippen LogP contribution in [0.25, 0.3) is 0 Å². The van der Waals surface area contributed by atoms with Crippen molar-refractivity contribution in [3.63, 3.8) is 0 Å². The van der Waals surface area contributed by atoms with Gasteiger partial charge in [-0.15, -0.1) is 5.10 Å². The number of aromatic amines is 1. The van der Waals surface area contributed by atoms with Crippen LogP contribution in [0, 0.1) is 0 Å². The van der Waals surface area contributed by atoms with Crippen LogP contribution < -0.4 is 10.1 Å². The molecular weight excluding hydrogens is 282 g/mol. The normalized spacial score (nSPS) is 11.0. The Morgan fingerprint density at radius 1 is 1.38 bits per heavy atom. The fourth-order valence-electron chi connectivity index (χ4n) is 1.57. The summed E-state index contributed by atoms with van der Waals surface area (Å²) in [6, 6.07) is 5.70. The van der Waals surface area contributed by atoms with Crippen LogP contribution in [-0.4, -0.2) is 27.7 Å². The maximum absolute atomic E-state index is 12.1. The molecular formula is C13H14F2N4O2. The van der Waals surface area contributed by atoms with Crippen molar-refractivity contribution in [1.29, 1.82) is 0 Å². The molecule has 2 aromatic rings. The molecule has 112 valence electrons. The number of nitrogens with zero attached hydrogens (tertiary/aromatic N) is 2. The van der Waals surface area contributed by atoms with Crippen LogP contribution >= 0.6 is 0 Å². The highest BCUT2D eigenvalue weighted by Gasteiger charge is 2.14. The topological polar surface area (TPSA) is 79.9 Å². The summed E-state index contributed by atoms with van der Waals surface area (Å²) in [5.41, 5.74) is 0.314. The summed E-state index contributed by atoms with van der Waals surface area (Å²) < 4.78 is 28.5. The lowest BCUT2D eigenvalue weighted by atomic mass is 10.2. The van der Waals surface area contributed by atoms with Crippen LogP contribution in [0.2, 0.25) is 0 Å². The van der Waals surface area contributed by atoms with E-state index in [1.807, 2.05) is 13.8 Å². The first-order valence-electron chi connectivity index (χ1n) is 6.24. The molecule has 0 spiro atoms. The molecule has 6 nitrogen and oxygen atoms in total. The van der Waals surface area contributed by atoms with Crippen LogP contribution in [0.5, 0.6) is 5.75 Å². The Hall–Kier alpha value is -2.51. The van der Waals surface area contributed by atoms with Gasteiger partial charge in [0.25, 0.3) is 5.91 Å². The van der Waals surface area contributed by atoms with Crippen LogP contribution in [0.1, 0.15) is 36.2 Å². The van der Waals surface area contributed by atoms with Gasteiger partial charge in [0, 0.05) is 17.7 Å². The number of halogens is 2. The quantitative estimate of drug-likeness (QED) is 0.889. The third-order valence-electron chi connectivity index (χ3n) is 2.57. The predicted molar refractivity (Wildman–Crippen MR) is 71.5 cm³/mol. The SMILES string of the molecule is CC(C)c1nc(C(=O)Nc2cccc(OC(F)F)c2)n[nH]1. The molecule has 1 aromatic heterocycles. The van der Waals surface area contributed by atoms with Crippen molar-refractivity contribution in [2.24, 2.45) is 0 Å². The van der Waals surface area contributed by atoms with Crippen molar-refractivity contribution in [2.45, 2.75) is 26.4 Å². The smallest absolute Gasteiger partial charge is 0.387 e. The standard InChI is InChI=1S/C13H14F2N4O2/c1-7(2)10-17-11(19-18-10)12(20)16-8-4-3-5-9(6-8)21-13(14)15/h3-7,13H,1-2H3,(H,16,20)(H,17,18,19). The van der Waals surface area contributed by atoms with Crippen molar-refractivity contribution >= 4 is 11.6 Å². The number of amides is 1. The first-order chi connectivity index (χ1) is 9.95. The number of benzene rings is 1. The maximum atomic E-state index is 12.1. The molecule has 0 fully saturated rings. The predicted octanol–water partition coefficient (Wildman–Crippen LogP) is 2.78. The first-order valence-corrected chi connectivity index (χ1v) is 6.24. The van der Waals surface area contributed by atoms with Gasteiger partial charge in [0.15, 0.2) is 0 Å². The molecule has 2 rings (SSSR count). The minimum Gasteiger partial charge on any atom is -0.435 e. The van der Waals surface area contributed by atoms with Gasteiger partial charge in [-0.3, -0.25) is 9.89 Å². The number of anilines is 1. The lowest BCUT2D eigenvalue weighted by Gasteiger charge is -2.07. The Kier molecular flexibility index (Phi) is 4.46. The van der Waals surface area contributed by atoms with E-state index in [0.29, 0.717) is 11.5 Å². The zero-order valence-corrected chi connectivity index (χ0v) is 11.4. The van der Waals surface area contributed by atoms with Gasteiger partial charge in [-0.25, -0.2) is 4.98 Å². The van der Waals surface area contributed by atoms with E-state index in [-0.39, 0.29) is 17.5 Å². The molecule has 0 aliphatic rings. The minimum absolute atomic E-state index is 0.0149. The molecule has 0 radical (unpaired) electrons. The molecule has 21 heavy (non-hydrogen) atoms. The van der Waals surface area contributed by atoms with E-state index in [9.17, 15) is 13.6 Å². The van der Waals surface area contributed by atoms with E-state index in [0.717, 1.165) is 0 Å². The molecule has 1 amide bonds. The number of rotatable bonds is 5. The largest absolute Gasteiger partial charge is 0.435 e. The van der Waals surface area contributed by atoms with Crippen molar-refractivity contribution in [3.8, 4) is 5.75 Å². The molecule has 8 heteroatoms. The van der Waals surface area contributed by atoms with Gasteiger partial charge in [-0.1, -0.05) is 19.9 Å². The molecule has 1 heterocycles. The van der Waals surface area contributed by atoms with Crippen molar-refractivity contribution in [1.82, 2.24) is 15.2 Å². The lowest BCUT2D eigenvalue weighted by molar-refractivity contribution is -0.0497. The maximum Gasteiger partial charge on any atom is 0.387 e. The number of ether oxygens (including phenoxy) is 1. The van der Waals surface area contributed by atoms with Crippen LogP contribution in [0.4, 0.5) is 14.5 Å². The highest BCUT2D eigenvalue weighted by Crippen LogP contribution is 2.19. The van der Waals surface area contributed by atoms with Gasteiger partial charge in [-0.05, 0) is 12.1 Å². The summed E-state index contributed by atoms with van der Waals surface area (Å²) in [7, 11) is 0. The highest BCUT2D eigenvalue weighted by molar-refractivity contribution is 6.01. The Balaban J connectivity index is 2.08. The second kappa shape index (κ2) is 6.29. The van der Waals surface area contributed by atoms with E-state index < -0.39 is 12.5 Å². The van der Waals surface area contributed by atoms with E-state index in [1.54, 1.807) is 6.07 Å². The molecule has 0 atom stereocenters. The fraction of sp³-hybridized carbons (Fsp3) is 0.308. The molecule has 0 bridgehead atoms. The molecule has 0 aliphatic heterocycles. The van der Waals surface area contributed by atoms with Crippen LogP contribution in [-0.2, 0) is 0 Å². The van der Waals surface area contributed by atoms with Crippen LogP contribution in [0.15, 0.2) is 24.3 Å². The summed E-state index contributed by atoms with van der Waals surface area (Å²) in [5.74, 6) is 0.114. The van der Waals surface area contributed by atoms with Crippen molar-refractivity contribution in [3.05, 3.63) is 35.9 Å². The highest BCUT2D eigenvalue weighted by atomic mass is 19.3. The number of nitrogens with one attached hydrogen (secondary N) is 2. The Bertz CT molecular complexity index is 628. The molecule has 0 aliphatic carbocycles. The summed E-state index contributed by atoms with van der Waals surface area (Å²) in [4.78, 5) is 16.0. The Morgan fingerprint density at radius 2 is 2.14 bits per heavy atom. The molecule has 2 N–H and O–H groups in total. The summed E-state index contributed by atoms with van der Waals surface area (Å²) in [5, 5.41) is 8.98. The number of hydrogen-bond acceptors (Lipinski definition) is 4. The molecule has 0 saturated heterocycles. The number of aromatic nitrogens is 3. The van der Waals surface area contributed by atoms with E-state index >= 15 is 0 Å². The molecule has 0 unspecified atom stereocenters. The monoisotopic (exact) mass is 296 g/mol. The first kappa shape index (κ1) is 14.9. The zero-order valence-electron chi connectivity index (χ0n) is 11.4. The lowest BCUT2D eigenvalue weighted by Crippen LogP contribution is -2.14. The van der Waals surface area contributed by atoms with Gasteiger partial charge in [0.1, 0.15) is 11.6 Å². The number of carbonyl (C=O) groups is 1. The summed E-state index contributed by atoms with van der Waals surface area (Å²) in [6.45, 7) is 0.901. The van der Waals surface area contributed by atoms with Gasteiger partial charge >= 0.3 is 6.61 Å². The Morgan fingerprint density at radius 3 is 2.76 bits per heavy atom. The van der Waals surface area contributed by atoms with E-state index in [1.165, 1.54) is 18.2 Å². The summed E-state index contributed by atoms with van der Waals surface area (Å²) >= 11 is 0. The van der Waals surface area contributed by atoms with Crippen LogP contribution in [0.3, 0.4) is 0 Å². The van der Waals surface area contributed by atoms with E-state index in [2.05, 4.69) is 25.2 Å². The Labute approximate surface area is 119 Å². The molecule has 0 saturated carbocycles. The van der Waals surface area contributed by atoms with Crippen molar-refractivity contribution < 1.29 is 18.3 Å². The number of alkyl halides is 2. The zero-order chi connectivity index (χ0) is 15.4. The molecule has 1 aromatic carbocycles. The minimum atomic E-state index is -2.92. The van der Waals surface area contributed by atoms with Gasteiger partial charge in [0.05, 0.1) is 0 Å². The van der Waals surface area contributed by atoms with Gasteiger partial charge < -0.3 is 10.1 Å².